The summed E-state index contributed by atoms with van der Waals surface area (Å²) >= 11 is 0. The number of nitrogens with two attached hydrogens (primary N) is 1. The monoisotopic (exact) mass is 140 g/mol. The Bertz CT molecular complexity index is 169. The molecule has 2 fully saturated rings. The molecule has 3 heteroatoms. The molecule has 3 nitrogen and oxygen atoms in total. The van der Waals surface area contributed by atoms with Crippen LogP contribution in [-0.4, -0.2) is 29.4 Å². The Kier molecular flexibility index (Phi) is 1.20. The summed E-state index contributed by atoms with van der Waals surface area (Å²) in [6.07, 6.45) is 2.84. The van der Waals surface area contributed by atoms with E-state index in [1.165, 1.54) is 0 Å². The van der Waals surface area contributed by atoms with Crippen molar-refractivity contribution >= 4 is 5.91 Å². The second kappa shape index (κ2) is 1.95. The van der Waals surface area contributed by atoms with Gasteiger partial charge in [-0.15, -0.1) is 0 Å². The van der Waals surface area contributed by atoms with E-state index in [-0.39, 0.29) is 11.9 Å². The zero-order valence-corrected chi connectivity index (χ0v) is 5.92. The molecule has 0 aliphatic carbocycles. The lowest BCUT2D eigenvalue weighted by Gasteiger charge is -2.16. The normalized spacial score (nSPS) is 38.9. The van der Waals surface area contributed by atoms with E-state index in [9.17, 15) is 4.79 Å². The zero-order valence-electron chi connectivity index (χ0n) is 5.92. The number of carbonyl (C=O) groups excluding carboxylic acids is 1. The van der Waals surface area contributed by atoms with Crippen molar-refractivity contribution in [3.8, 4) is 0 Å². The highest BCUT2D eigenvalue weighted by molar-refractivity contribution is 5.80. The summed E-state index contributed by atoms with van der Waals surface area (Å²) in [6.45, 7) is 0.942. The van der Waals surface area contributed by atoms with Crippen LogP contribution in [0.5, 0.6) is 0 Å². The van der Waals surface area contributed by atoms with Gasteiger partial charge in [0.2, 0.25) is 5.91 Å². The molecule has 1 amide bonds. The molecule has 0 bridgehead atoms. The fourth-order valence-electron chi connectivity index (χ4n) is 2.00. The Morgan fingerprint density at radius 3 is 3.10 bits per heavy atom. The van der Waals surface area contributed by atoms with Gasteiger partial charge in [-0.1, -0.05) is 0 Å². The van der Waals surface area contributed by atoms with E-state index < -0.39 is 0 Å². The maximum Gasteiger partial charge on any atom is 0.224 e. The maximum atomic E-state index is 11.1. The van der Waals surface area contributed by atoms with Gasteiger partial charge < -0.3 is 10.6 Å². The summed E-state index contributed by atoms with van der Waals surface area (Å²) in [5.41, 5.74) is 5.75. The van der Waals surface area contributed by atoms with Gasteiger partial charge in [0.15, 0.2) is 0 Å². The molecule has 0 unspecified atom stereocenters. The van der Waals surface area contributed by atoms with Crippen molar-refractivity contribution < 1.29 is 4.79 Å². The maximum absolute atomic E-state index is 11.1. The van der Waals surface area contributed by atoms with Gasteiger partial charge in [-0.3, -0.25) is 4.79 Å². The molecule has 0 spiro atoms. The third-order valence-electron chi connectivity index (χ3n) is 2.52. The van der Waals surface area contributed by atoms with E-state index in [1.54, 1.807) is 0 Å². The fourth-order valence-corrected chi connectivity index (χ4v) is 2.00. The van der Waals surface area contributed by atoms with Gasteiger partial charge in [0.1, 0.15) is 0 Å². The first-order valence-electron chi connectivity index (χ1n) is 3.84. The van der Waals surface area contributed by atoms with Crippen molar-refractivity contribution in [2.75, 3.05) is 6.54 Å². The summed E-state index contributed by atoms with van der Waals surface area (Å²) in [7, 11) is 0. The number of fused-ring (bicyclic) bond motifs is 1. The van der Waals surface area contributed by atoms with E-state index >= 15 is 0 Å². The van der Waals surface area contributed by atoms with E-state index in [4.69, 9.17) is 5.73 Å². The van der Waals surface area contributed by atoms with Gasteiger partial charge in [-0.2, -0.15) is 0 Å². The summed E-state index contributed by atoms with van der Waals surface area (Å²) in [6, 6.07) is 0.502. The van der Waals surface area contributed by atoms with Gasteiger partial charge in [0.25, 0.3) is 0 Å². The van der Waals surface area contributed by atoms with Crippen LogP contribution in [0.15, 0.2) is 0 Å². The number of rotatable bonds is 0. The largest absolute Gasteiger partial charge is 0.338 e. The molecule has 2 heterocycles. The van der Waals surface area contributed by atoms with Crippen molar-refractivity contribution in [3.63, 3.8) is 0 Å². The lowest BCUT2D eigenvalue weighted by atomic mass is 10.1. The van der Waals surface area contributed by atoms with Gasteiger partial charge in [0, 0.05) is 25.0 Å². The Labute approximate surface area is 60.2 Å². The topological polar surface area (TPSA) is 46.3 Å². The van der Waals surface area contributed by atoms with Crippen molar-refractivity contribution in [3.05, 3.63) is 0 Å². The van der Waals surface area contributed by atoms with E-state index in [1.807, 2.05) is 4.90 Å². The van der Waals surface area contributed by atoms with Crippen LogP contribution >= 0.6 is 0 Å². The molecule has 2 N–H and O–H groups in total. The second-order valence-electron chi connectivity index (χ2n) is 3.16. The minimum absolute atomic E-state index is 0.120. The lowest BCUT2D eigenvalue weighted by molar-refractivity contribution is -0.127. The molecule has 2 atom stereocenters. The van der Waals surface area contributed by atoms with Crippen molar-refractivity contribution in [2.24, 2.45) is 5.73 Å². The fraction of sp³-hybridized carbons (Fsp3) is 0.857. The Balaban J connectivity index is 2.19. The first kappa shape index (κ1) is 6.16. The third kappa shape index (κ3) is 0.669. The summed E-state index contributed by atoms with van der Waals surface area (Å²) in [5, 5.41) is 0. The van der Waals surface area contributed by atoms with Gasteiger partial charge in [0.05, 0.1) is 0 Å². The molecule has 0 aromatic heterocycles. The molecule has 2 rings (SSSR count). The van der Waals surface area contributed by atoms with Crippen LogP contribution in [-0.2, 0) is 4.79 Å². The van der Waals surface area contributed by atoms with Crippen molar-refractivity contribution in [1.29, 1.82) is 0 Å². The minimum atomic E-state index is 0.120. The van der Waals surface area contributed by atoms with E-state index in [2.05, 4.69) is 0 Å². The molecular formula is C7H12N2O. The van der Waals surface area contributed by atoms with Crippen molar-refractivity contribution in [2.45, 2.75) is 31.3 Å². The molecule has 0 aromatic carbocycles. The quantitative estimate of drug-likeness (QED) is 0.502. The summed E-state index contributed by atoms with van der Waals surface area (Å²) < 4.78 is 0. The van der Waals surface area contributed by atoms with Crippen molar-refractivity contribution in [1.82, 2.24) is 4.90 Å². The van der Waals surface area contributed by atoms with Crippen LogP contribution in [0, 0.1) is 0 Å². The average Bonchev–Trinajstić information content (AvgIpc) is 2.39. The predicted octanol–water partition coefficient (Wildman–Crippen LogP) is -0.292. The van der Waals surface area contributed by atoms with Crippen LogP contribution in [0.3, 0.4) is 0 Å². The zero-order chi connectivity index (χ0) is 7.14. The minimum Gasteiger partial charge on any atom is -0.338 e. The highest BCUT2D eigenvalue weighted by Crippen LogP contribution is 2.27. The molecule has 56 valence electrons. The number of hydrogen-bond donors (Lipinski definition) is 1. The SMILES string of the molecule is N[C@@H]1CC(=O)N2CCC[C@H]12. The highest BCUT2D eigenvalue weighted by Gasteiger charge is 2.40. The second-order valence-corrected chi connectivity index (χ2v) is 3.16. The first-order chi connectivity index (χ1) is 4.79. The molecular weight excluding hydrogens is 128 g/mol. The molecule has 2 aliphatic heterocycles. The van der Waals surface area contributed by atoms with Gasteiger partial charge in [-0.05, 0) is 12.8 Å². The van der Waals surface area contributed by atoms with E-state index in [0.29, 0.717) is 12.5 Å². The van der Waals surface area contributed by atoms with Crippen LogP contribution in [0.25, 0.3) is 0 Å². The van der Waals surface area contributed by atoms with Gasteiger partial charge in [-0.25, -0.2) is 0 Å². The third-order valence-corrected chi connectivity index (χ3v) is 2.52. The molecule has 2 saturated heterocycles. The standard InChI is InChI=1S/C7H12N2O/c8-5-4-7(10)9-3-1-2-6(5)9/h5-6H,1-4,8H2/t5-,6-/m1/s1. The molecule has 10 heavy (non-hydrogen) atoms. The van der Waals surface area contributed by atoms with Crippen LogP contribution in [0.1, 0.15) is 19.3 Å². The number of hydrogen-bond acceptors (Lipinski definition) is 2. The van der Waals surface area contributed by atoms with Crippen LogP contribution in [0.2, 0.25) is 0 Å². The smallest absolute Gasteiger partial charge is 0.224 e. The molecule has 2 aliphatic rings. The number of amides is 1. The summed E-state index contributed by atoms with van der Waals surface area (Å²) in [4.78, 5) is 13.0. The van der Waals surface area contributed by atoms with Gasteiger partial charge >= 0.3 is 0 Å². The van der Waals surface area contributed by atoms with Crippen LogP contribution in [0.4, 0.5) is 0 Å². The predicted molar refractivity (Wildman–Crippen MR) is 37.3 cm³/mol. The Hall–Kier alpha value is -0.570. The van der Waals surface area contributed by atoms with Crippen LogP contribution < -0.4 is 5.73 Å². The first-order valence-corrected chi connectivity index (χ1v) is 3.84. The van der Waals surface area contributed by atoms with E-state index in [0.717, 1.165) is 19.4 Å². The summed E-state index contributed by atoms with van der Waals surface area (Å²) in [5.74, 6) is 0.259. The number of carbonyl (C=O) groups is 1. The lowest BCUT2D eigenvalue weighted by Crippen LogP contribution is -2.35. The highest BCUT2D eigenvalue weighted by atomic mass is 16.2. The molecule has 0 aromatic rings. The Morgan fingerprint density at radius 2 is 2.40 bits per heavy atom. The number of nitrogens with zero attached hydrogens (tertiary/aromatic N) is 1. The molecule has 0 saturated carbocycles. The average molecular weight is 140 g/mol. The molecule has 0 radical (unpaired) electrons. The Morgan fingerprint density at radius 1 is 1.60 bits per heavy atom.